The molecule has 1 aliphatic heterocycles. The fourth-order valence-corrected chi connectivity index (χ4v) is 5.05. The molecule has 0 saturated carbocycles. The number of aryl methyl sites for hydroxylation is 3. The van der Waals surface area contributed by atoms with Crippen molar-refractivity contribution in [2.24, 2.45) is 0 Å². The van der Waals surface area contributed by atoms with Gasteiger partial charge in [0.25, 0.3) is 0 Å². The molecule has 3 aromatic carbocycles. The monoisotopic (exact) mass is 468 g/mol. The van der Waals surface area contributed by atoms with Crippen LogP contribution in [0.25, 0.3) is 16.3 Å². The van der Waals surface area contributed by atoms with Gasteiger partial charge < -0.3 is 0 Å². The molecule has 1 aliphatic rings. The lowest BCUT2D eigenvalue weighted by atomic mass is 9.87. The highest BCUT2D eigenvalue weighted by molar-refractivity contribution is 5.87. The van der Waals surface area contributed by atoms with Crippen molar-refractivity contribution < 1.29 is 17.3 Å². The van der Waals surface area contributed by atoms with Crippen LogP contribution in [-0.2, 0) is 12.5 Å². The van der Waals surface area contributed by atoms with Crippen molar-refractivity contribution in [3.63, 3.8) is 0 Å². The van der Waals surface area contributed by atoms with Gasteiger partial charge in [-0.25, -0.2) is 0 Å². The van der Waals surface area contributed by atoms with E-state index in [1.54, 1.807) is 13.0 Å². The zero-order valence-electron chi connectivity index (χ0n) is 23.7. The topological polar surface area (TPSA) is 3.24 Å². The molecular weight excluding hydrogens is 431 g/mol. The third kappa shape index (κ3) is 4.65. The summed E-state index contributed by atoms with van der Waals surface area (Å²) in [7, 11) is 0. The normalized spacial score (nSPS) is 21.2. The van der Waals surface area contributed by atoms with Crippen molar-refractivity contribution in [3.05, 3.63) is 87.5 Å². The molecule has 0 saturated heterocycles. The van der Waals surface area contributed by atoms with Gasteiger partial charge in [0, 0.05) is 22.7 Å². The fourth-order valence-electron chi connectivity index (χ4n) is 5.05. The van der Waals surface area contributed by atoms with E-state index in [9.17, 15) is 14.5 Å². The molecule has 4 heteroatoms. The molecule has 1 heterocycles. The van der Waals surface area contributed by atoms with E-state index in [0.29, 0.717) is 24.1 Å². The Kier molecular flexibility index (Phi) is 5.63. The summed E-state index contributed by atoms with van der Waals surface area (Å²) in [5.41, 5.74) is 4.18. The van der Waals surface area contributed by atoms with Gasteiger partial charge in [-0.2, -0.15) is 13.2 Å². The number of fused-ring (bicyclic) bond motifs is 1. The van der Waals surface area contributed by atoms with E-state index in [1.165, 1.54) is 19.1 Å². The zero-order chi connectivity index (χ0) is 27.5. The van der Waals surface area contributed by atoms with Gasteiger partial charge in [-0.3, -0.25) is 4.90 Å². The molecule has 0 aromatic heterocycles. The maximum Gasteiger partial charge on any atom is 0.416 e. The Bertz CT molecular complexity index is 1390. The van der Waals surface area contributed by atoms with Crippen LogP contribution in [0.4, 0.5) is 13.2 Å². The predicted molar refractivity (Wildman–Crippen MR) is 136 cm³/mol. The molecule has 34 heavy (non-hydrogen) atoms. The lowest BCUT2D eigenvalue weighted by Gasteiger charge is -2.40. The second-order valence-corrected chi connectivity index (χ2v) is 9.48. The number of nitrogens with zero attached hydrogens (tertiary/aromatic N) is 1. The maximum atomic E-state index is 13.5. The molecule has 2 unspecified atom stereocenters. The zero-order valence-corrected chi connectivity index (χ0v) is 20.7. The predicted octanol–water partition coefficient (Wildman–Crippen LogP) is 8.28. The molecule has 0 spiro atoms. The highest BCUT2D eigenvalue weighted by Crippen LogP contribution is 2.37. The Morgan fingerprint density at radius 1 is 1.03 bits per heavy atom. The van der Waals surface area contributed by atoms with Crippen LogP contribution in [0.3, 0.4) is 0 Å². The summed E-state index contributed by atoms with van der Waals surface area (Å²) < 4.78 is 68.3. The minimum atomic E-state index is -4.42. The van der Waals surface area contributed by atoms with Crippen molar-refractivity contribution >= 4 is 16.3 Å². The number of rotatable bonds is 4. The van der Waals surface area contributed by atoms with Crippen LogP contribution >= 0.6 is 0 Å². The third-order valence-electron chi connectivity index (χ3n) is 7.25. The molecule has 0 N–H and O–H groups in total. The Morgan fingerprint density at radius 3 is 2.47 bits per heavy atom. The summed E-state index contributed by atoms with van der Waals surface area (Å²) in [4.78, 5) is 1.84. The van der Waals surface area contributed by atoms with Gasteiger partial charge >= 0.3 is 6.18 Å². The molecule has 4 rings (SSSR count). The average Bonchev–Trinajstić information content (AvgIpc) is 2.80. The molecular formula is C30H34F3N. The minimum Gasteiger partial charge on any atom is -0.294 e. The SMILES string of the molecule is [2H]C([2H])(c1cc2cccc(C)c2cc1C)C([2H])(C)N1CCC(c2ccc(C)c(C(F)(F)F)c2)=C(C)C1C. The molecule has 0 bridgehead atoms. The van der Waals surface area contributed by atoms with Crippen LogP contribution in [0.2, 0.25) is 0 Å². The van der Waals surface area contributed by atoms with Crippen LogP contribution in [0.5, 0.6) is 0 Å². The minimum absolute atomic E-state index is 0.188. The summed E-state index contributed by atoms with van der Waals surface area (Å²) >= 11 is 0. The number of halogens is 3. The highest BCUT2D eigenvalue weighted by atomic mass is 19.4. The number of hydrogen-bond donors (Lipinski definition) is 0. The first-order valence-corrected chi connectivity index (χ1v) is 11.7. The largest absolute Gasteiger partial charge is 0.416 e. The maximum absolute atomic E-state index is 13.5. The Morgan fingerprint density at radius 2 is 1.76 bits per heavy atom. The second-order valence-electron chi connectivity index (χ2n) is 9.48. The van der Waals surface area contributed by atoms with Gasteiger partial charge in [-0.1, -0.05) is 48.0 Å². The number of alkyl halides is 3. The van der Waals surface area contributed by atoms with Gasteiger partial charge in [-0.05, 0) is 105 Å². The fraction of sp³-hybridized carbons (Fsp3) is 0.400. The summed E-state index contributed by atoms with van der Waals surface area (Å²) in [5, 5.41) is 2.00. The summed E-state index contributed by atoms with van der Waals surface area (Å²) in [6, 6.07) is 12.3. The number of hydrogen-bond acceptors (Lipinski definition) is 1. The van der Waals surface area contributed by atoms with E-state index in [0.717, 1.165) is 33.0 Å². The van der Waals surface area contributed by atoms with Gasteiger partial charge in [0.15, 0.2) is 0 Å². The molecule has 180 valence electrons. The molecule has 0 radical (unpaired) electrons. The molecule has 3 aromatic rings. The molecule has 1 nitrogen and oxygen atoms in total. The van der Waals surface area contributed by atoms with Crippen LogP contribution in [0, 0.1) is 20.8 Å². The van der Waals surface area contributed by atoms with Crippen molar-refractivity contribution in [1.82, 2.24) is 4.90 Å². The van der Waals surface area contributed by atoms with Crippen molar-refractivity contribution in [1.29, 1.82) is 0 Å². The van der Waals surface area contributed by atoms with Crippen molar-refractivity contribution in [3.8, 4) is 0 Å². The van der Waals surface area contributed by atoms with E-state index in [1.807, 2.05) is 62.9 Å². The highest BCUT2D eigenvalue weighted by Gasteiger charge is 2.34. The molecule has 0 aliphatic carbocycles. The van der Waals surface area contributed by atoms with E-state index >= 15 is 0 Å². The third-order valence-corrected chi connectivity index (χ3v) is 7.25. The van der Waals surface area contributed by atoms with E-state index in [2.05, 4.69) is 0 Å². The standard InChI is InChI=1S/C30H34F3N/c1-18-8-7-9-24-16-26(20(3)14-28(18)24)15-21(4)34-13-12-27(22(5)23(34)6)25-11-10-19(2)29(17-25)30(31,32)33/h7-11,14,16-17,21,23H,12-13,15H2,1-6H3/i15D2,21D. The lowest BCUT2D eigenvalue weighted by molar-refractivity contribution is -0.138. The van der Waals surface area contributed by atoms with Gasteiger partial charge in [0.05, 0.1) is 5.56 Å². The van der Waals surface area contributed by atoms with Gasteiger partial charge in [0.2, 0.25) is 0 Å². The molecule has 2 atom stereocenters. The first-order chi connectivity index (χ1) is 17.1. The average molecular weight is 469 g/mol. The Balaban J connectivity index is 1.73. The lowest BCUT2D eigenvalue weighted by Crippen LogP contribution is -2.45. The Hall–Kier alpha value is -2.59. The van der Waals surface area contributed by atoms with Crippen molar-refractivity contribution in [2.75, 3.05) is 6.54 Å². The van der Waals surface area contributed by atoms with Gasteiger partial charge in [-0.15, -0.1) is 0 Å². The Labute approximate surface area is 205 Å². The first kappa shape index (κ1) is 20.8. The van der Waals surface area contributed by atoms with Crippen molar-refractivity contribution in [2.45, 2.75) is 72.6 Å². The molecule has 0 fully saturated rings. The van der Waals surface area contributed by atoms with Gasteiger partial charge in [0.1, 0.15) is 0 Å². The number of benzene rings is 3. The first-order valence-electron chi connectivity index (χ1n) is 13.2. The second kappa shape index (κ2) is 9.22. The summed E-state index contributed by atoms with van der Waals surface area (Å²) in [6.07, 6.45) is -5.99. The van der Waals surface area contributed by atoms with Crippen LogP contribution < -0.4 is 0 Å². The van der Waals surface area contributed by atoms with E-state index in [4.69, 9.17) is 2.74 Å². The quantitative estimate of drug-likeness (QED) is 0.372. The van der Waals surface area contributed by atoms with E-state index < -0.39 is 24.1 Å². The summed E-state index contributed by atoms with van der Waals surface area (Å²) in [5.74, 6) is 0. The summed E-state index contributed by atoms with van der Waals surface area (Å²) in [6.45, 7) is 11.1. The van der Waals surface area contributed by atoms with Crippen LogP contribution in [0.1, 0.15) is 64.7 Å². The molecule has 0 amide bonds. The van der Waals surface area contributed by atoms with Crippen LogP contribution in [-0.4, -0.2) is 23.5 Å². The smallest absolute Gasteiger partial charge is 0.294 e. The van der Waals surface area contributed by atoms with E-state index in [-0.39, 0.29) is 11.6 Å². The van der Waals surface area contributed by atoms with Crippen LogP contribution in [0.15, 0.2) is 54.1 Å².